The molecule has 0 bridgehead atoms. The summed E-state index contributed by atoms with van der Waals surface area (Å²) in [5.74, 6) is 1.14. The Bertz CT molecular complexity index is 809. The van der Waals surface area contributed by atoms with E-state index in [1.807, 2.05) is 6.92 Å². The average Bonchev–Trinajstić information content (AvgIpc) is 3.40. The van der Waals surface area contributed by atoms with Crippen molar-refractivity contribution in [2.75, 3.05) is 23.8 Å². The number of nitrogens with zero attached hydrogens (tertiary/aromatic N) is 4. The highest BCUT2D eigenvalue weighted by Gasteiger charge is 2.45. The van der Waals surface area contributed by atoms with Gasteiger partial charge in [-0.25, -0.2) is 15.0 Å². The van der Waals surface area contributed by atoms with Gasteiger partial charge < -0.3 is 30.7 Å². The van der Waals surface area contributed by atoms with Crippen molar-refractivity contribution in [1.29, 1.82) is 0 Å². The molecular weight excluding hydrogens is 364 g/mol. The van der Waals surface area contributed by atoms with Crippen LogP contribution >= 0.6 is 0 Å². The van der Waals surface area contributed by atoms with Crippen molar-refractivity contribution in [2.45, 2.75) is 69.6 Å². The SMILES string of the molecule is CCCNc1nc2c(NC3CCCC3)ncnc2n1[C@@H]1O[C@H](CO)[C@@H](O)[C@H]1O. The topological polar surface area (TPSA) is 138 Å². The van der Waals surface area contributed by atoms with E-state index < -0.39 is 24.5 Å². The number of ether oxygens (including phenoxy) is 1. The highest BCUT2D eigenvalue weighted by molar-refractivity contribution is 5.85. The maximum absolute atomic E-state index is 10.5. The molecule has 0 unspecified atom stereocenters. The lowest BCUT2D eigenvalue weighted by Gasteiger charge is -2.19. The Labute approximate surface area is 163 Å². The lowest BCUT2D eigenvalue weighted by Crippen LogP contribution is -2.33. The van der Waals surface area contributed by atoms with E-state index in [2.05, 4.69) is 25.6 Å². The quantitative estimate of drug-likeness (QED) is 0.459. The van der Waals surface area contributed by atoms with E-state index >= 15 is 0 Å². The molecule has 0 aromatic carbocycles. The average molecular weight is 392 g/mol. The fourth-order valence-electron chi connectivity index (χ4n) is 3.97. The van der Waals surface area contributed by atoms with E-state index in [1.54, 1.807) is 4.57 Å². The molecule has 2 fully saturated rings. The molecule has 154 valence electrons. The molecule has 0 amide bonds. The molecule has 0 spiro atoms. The molecule has 0 radical (unpaired) electrons. The molecule has 2 aliphatic rings. The molecule has 4 rings (SSSR count). The molecule has 4 atom stereocenters. The van der Waals surface area contributed by atoms with Crippen LogP contribution in [0.2, 0.25) is 0 Å². The largest absolute Gasteiger partial charge is 0.394 e. The van der Waals surface area contributed by atoms with Gasteiger partial charge in [0.25, 0.3) is 0 Å². The van der Waals surface area contributed by atoms with Crippen molar-refractivity contribution in [1.82, 2.24) is 19.5 Å². The monoisotopic (exact) mass is 392 g/mol. The van der Waals surface area contributed by atoms with Crippen LogP contribution in [0.1, 0.15) is 45.3 Å². The zero-order valence-electron chi connectivity index (χ0n) is 16.0. The lowest BCUT2D eigenvalue weighted by atomic mass is 10.1. The maximum atomic E-state index is 10.5. The van der Waals surface area contributed by atoms with Crippen LogP contribution in [0.25, 0.3) is 11.2 Å². The molecule has 2 aromatic heterocycles. The summed E-state index contributed by atoms with van der Waals surface area (Å²) >= 11 is 0. The summed E-state index contributed by atoms with van der Waals surface area (Å²) < 4.78 is 7.38. The first-order valence-electron chi connectivity index (χ1n) is 9.99. The van der Waals surface area contributed by atoms with Gasteiger partial charge in [-0.15, -0.1) is 0 Å². The summed E-state index contributed by atoms with van der Waals surface area (Å²) in [6.07, 6.45) is 2.77. The number of aliphatic hydroxyl groups excluding tert-OH is 3. The van der Waals surface area contributed by atoms with Gasteiger partial charge >= 0.3 is 0 Å². The van der Waals surface area contributed by atoms with E-state index in [1.165, 1.54) is 19.2 Å². The number of anilines is 2. The Balaban J connectivity index is 1.75. The van der Waals surface area contributed by atoms with Gasteiger partial charge in [0.2, 0.25) is 5.95 Å². The molecule has 3 heterocycles. The second-order valence-corrected chi connectivity index (χ2v) is 7.48. The molecule has 10 nitrogen and oxygen atoms in total. The van der Waals surface area contributed by atoms with Gasteiger partial charge in [0.1, 0.15) is 24.6 Å². The number of rotatable bonds is 7. The predicted octanol–water partition coefficient (Wildman–Crippen LogP) is 0.614. The first kappa shape index (κ1) is 19.3. The van der Waals surface area contributed by atoms with Crippen molar-refractivity contribution in [3.05, 3.63) is 6.33 Å². The third kappa shape index (κ3) is 3.41. The van der Waals surface area contributed by atoms with Gasteiger partial charge in [0.15, 0.2) is 23.2 Å². The molecule has 28 heavy (non-hydrogen) atoms. The number of hydrogen-bond acceptors (Lipinski definition) is 9. The Morgan fingerprint density at radius 3 is 2.68 bits per heavy atom. The minimum atomic E-state index is -1.21. The molecule has 1 saturated heterocycles. The summed E-state index contributed by atoms with van der Waals surface area (Å²) in [4.78, 5) is 13.4. The summed E-state index contributed by atoms with van der Waals surface area (Å²) in [6.45, 7) is 2.33. The zero-order chi connectivity index (χ0) is 19.7. The van der Waals surface area contributed by atoms with Crippen molar-refractivity contribution >= 4 is 22.9 Å². The van der Waals surface area contributed by atoms with Crippen LogP contribution in [0, 0.1) is 0 Å². The molecular formula is C18H28N6O4. The minimum Gasteiger partial charge on any atom is -0.394 e. The summed E-state index contributed by atoms with van der Waals surface area (Å²) in [7, 11) is 0. The zero-order valence-corrected chi connectivity index (χ0v) is 16.0. The molecule has 5 N–H and O–H groups in total. The fraction of sp³-hybridized carbons (Fsp3) is 0.722. The first-order valence-corrected chi connectivity index (χ1v) is 9.99. The second-order valence-electron chi connectivity index (χ2n) is 7.48. The van der Waals surface area contributed by atoms with E-state index in [0.717, 1.165) is 19.3 Å². The molecule has 1 aliphatic heterocycles. The van der Waals surface area contributed by atoms with Gasteiger partial charge in [-0.05, 0) is 19.3 Å². The van der Waals surface area contributed by atoms with Crippen molar-refractivity contribution in [2.24, 2.45) is 0 Å². The standard InChI is InChI=1S/C18H28N6O4/c1-2-7-19-18-23-12-15(22-10-5-3-4-6-10)20-9-21-16(12)24(18)17-14(27)13(26)11(8-25)28-17/h9-11,13-14,17,25-27H,2-8H2,1H3,(H,19,23)(H,20,21,22)/t11-,13-,14-,17-/m1/s1. The maximum Gasteiger partial charge on any atom is 0.207 e. The van der Waals surface area contributed by atoms with Gasteiger partial charge in [-0.2, -0.15) is 0 Å². The summed E-state index contributed by atoms with van der Waals surface area (Å²) in [5, 5.41) is 36.8. The van der Waals surface area contributed by atoms with E-state index in [-0.39, 0.29) is 6.61 Å². The van der Waals surface area contributed by atoms with E-state index in [0.29, 0.717) is 35.5 Å². The van der Waals surface area contributed by atoms with Crippen LogP contribution in [0.4, 0.5) is 11.8 Å². The highest BCUT2D eigenvalue weighted by Crippen LogP contribution is 2.36. The van der Waals surface area contributed by atoms with Crippen LogP contribution in [0.3, 0.4) is 0 Å². The number of nitrogens with one attached hydrogen (secondary N) is 2. The van der Waals surface area contributed by atoms with Gasteiger partial charge in [0, 0.05) is 12.6 Å². The minimum absolute atomic E-state index is 0.365. The normalized spacial score (nSPS) is 28.3. The van der Waals surface area contributed by atoms with Gasteiger partial charge in [-0.1, -0.05) is 19.8 Å². The van der Waals surface area contributed by atoms with E-state index in [4.69, 9.17) is 4.74 Å². The third-order valence-corrected chi connectivity index (χ3v) is 5.48. The van der Waals surface area contributed by atoms with Gasteiger partial charge in [-0.3, -0.25) is 4.57 Å². The number of hydrogen-bond donors (Lipinski definition) is 5. The molecule has 1 saturated carbocycles. The van der Waals surface area contributed by atoms with Gasteiger partial charge in [0.05, 0.1) is 6.61 Å². The summed E-state index contributed by atoms with van der Waals surface area (Å²) in [5.41, 5.74) is 1.09. The summed E-state index contributed by atoms with van der Waals surface area (Å²) in [6, 6.07) is 0.365. The Hall–Kier alpha value is -2.01. The molecule has 1 aliphatic carbocycles. The second kappa shape index (κ2) is 8.16. The first-order chi connectivity index (χ1) is 13.6. The van der Waals surface area contributed by atoms with Crippen LogP contribution in [0.15, 0.2) is 6.33 Å². The Morgan fingerprint density at radius 2 is 2.00 bits per heavy atom. The van der Waals surface area contributed by atoms with Crippen molar-refractivity contribution in [3.63, 3.8) is 0 Å². The third-order valence-electron chi connectivity index (χ3n) is 5.48. The van der Waals surface area contributed by atoms with Crippen molar-refractivity contribution < 1.29 is 20.1 Å². The number of fused-ring (bicyclic) bond motifs is 1. The van der Waals surface area contributed by atoms with Crippen LogP contribution in [-0.4, -0.2) is 72.3 Å². The van der Waals surface area contributed by atoms with Crippen LogP contribution in [-0.2, 0) is 4.74 Å². The Kier molecular flexibility index (Phi) is 5.63. The van der Waals surface area contributed by atoms with E-state index in [9.17, 15) is 15.3 Å². The van der Waals surface area contributed by atoms with Crippen LogP contribution < -0.4 is 10.6 Å². The van der Waals surface area contributed by atoms with Crippen LogP contribution in [0.5, 0.6) is 0 Å². The molecule has 2 aromatic rings. The predicted molar refractivity (Wildman–Crippen MR) is 103 cm³/mol. The number of imidazole rings is 1. The fourth-order valence-corrected chi connectivity index (χ4v) is 3.97. The molecule has 10 heteroatoms. The number of aliphatic hydroxyl groups is 3. The highest BCUT2D eigenvalue weighted by atomic mass is 16.6. The number of aromatic nitrogens is 4. The Morgan fingerprint density at radius 1 is 1.21 bits per heavy atom. The van der Waals surface area contributed by atoms with Crippen molar-refractivity contribution in [3.8, 4) is 0 Å². The lowest BCUT2D eigenvalue weighted by molar-refractivity contribution is -0.0501. The smallest absolute Gasteiger partial charge is 0.207 e.